The molecule has 0 aromatic heterocycles. The number of nitrogens with one attached hydrogen (secondary N) is 1. The number of ketones is 1. The fraction of sp³-hybridized carbons (Fsp3) is 0.278. The van der Waals surface area contributed by atoms with Gasteiger partial charge in [0, 0.05) is 18.0 Å². The van der Waals surface area contributed by atoms with Gasteiger partial charge < -0.3 is 0 Å². The van der Waals surface area contributed by atoms with Gasteiger partial charge in [0.05, 0.1) is 4.90 Å². The summed E-state index contributed by atoms with van der Waals surface area (Å²) in [5.74, 6) is -0.210. The molecule has 0 saturated carbocycles. The maximum atomic E-state index is 12.2. The first-order chi connectivity index (χ1) is 10.9. The molecule has 0 spiro atoms. The van der Waals surface area contributed by atoms with E-state index < -0.39 is 10.0 Å². The van der Waals surface area contributed by atoms with E-state index >= 15 is 0 Å². The second-order valence-electron chi connectivity index (χ2n) is 5.63. The topological polar surface area (TPSA) is 63.2 Å². The summed E-state index contributed by atoms with van der Waals surface area (Å²) in [5.41, 5.74) is 1.66. The van der Waals surface area contributed by atoms with Gasteiger partial charge in [-0.25, -0.2) is 13.1 Å². The van der Waals surface area contributed by atoms with E-state index in [1.54, 1.807) is 36.4 Å². The summed E-state index contributed by atoms with van der Waals surface area (Å²) in [5, 5.41) is 0. The summed E-state index contributed by atoms with van der Waals surface area (Å²) in [4.78, 5) is 12.5. The van der Waals surface area contributed by atoms with Gasteiger partial charge in [0.1, 0.15) is 0 Å². The van der Waals surface area contributed by atoms with Gasteiger partial charge in [0.15, 0.2) is 5.78 Å². The third-order valence-corrected chi connectivity index (χ3v) is 5.18. The number of rotatable bonds is 7. The summed E-state index contributed by atoms with van der Waals surface area (Å²) >= 11 is 0. The van der Waals surface area contributed by atoms with Crippen LogP contribution in [0.2, 0.25) is 0 Å². The molecule has 0 heterocycles. The van der Waals surface area contributed by atoms with Crippen molar-refractivity contribution in [2.24, 2.45) is 5.92 Å². The van der Waals surface area contributed by atoms with E-state index in [0.717, 1.165) is 5.56 Å². The van der Waals surface area contributed by atoms with Crippen molar-refractivity contribution >= 4 is 15.8 Å². The molecule has 0 bridgehead atoms. The second-order valence-corrected chi connectivity index (χ2v) is 7.40. The molecule has 0 saturated heterocycles. The van der Waals surface area contributed by atoms with E-state index in [1.165, 1.54) is 0 Å². The number of aryl methyl sites for hydroxylation is 1. The zero-order valence-corrected chi connectivity index (χ0v) is 14.1. The van der Waals surface area contributed by atoms with E-state index in [-0.39, 0.29) is 23.1 Å². The molecule has 2 rings (SSSR count). The highest BCUT2D eigenvalue weighted by molar-refractivity contribution is 7.89. The maximum Gasteiger partial charge on any atom is 0.240 e. The summed E-state index contributed by atoms with van der Waals surface area (Å²) in [6.07, 6.45) is 0.457. The van der Waals surface area contributed by atoms with Crippen molar-refractivity contribution < 1.29 is 13.2 Å². The monoisotopic (exact) mass is 331 g/mol. The Morgan fingerprint density at radius 3 is 2.26 bits per heavy atom. The Morgan fingerprint density at radius 2 is 1.65 bits per heavy atom. The van der Waals surface area contributed by atoms with Crippen LogP contribution in [-0.4, -0.2) is 20.7 Å². The first-order valence-corrected chi connectivity index (χ1v) is 9.04. The number of sulfonamides is 1. The smallest absolute Gasteiger partial charge is 0.240 e. The molecule has 0 unspecified atom stereocenters. The number of carbonyl (C=O) groups excluding carboxylic acids is 1. The highest BCUT2D eigenvalue weighted by Crippen LogP contribution is 2.13. The predicted octanol–water partition coefficient (Wildman–Crippen LogP) is 3.18. The van der Waals surface area contributed by atoms with Crippen LogP contribution in [0.5, 0.6) is 0 Å². The van der Waals surface area contributed by atoms with Crippen LogP contribution in [0.4, 0.5) is 0 Å². The van der Waals surface area contributed by atoms with Crippen LogP contribution in [0.15, 0.2) is 59.5 Å². The van der Waals surface area contributed by atoms with Crippen molar-refractivity contribution in [2.45, 2.75) is 25.2 Å². The van der Waals surface area contributed by atoms with Gasteiger partial charge in [-0.1, -0.05) is 55.0 Å². The predicted molar refractivity (Wildman–Crippen MR) is 90.9 cm³/mol. The summed E-state index contributed by atoms with van der Waals surface area (Å²) in [6.45, 7) is 3.95. The molecule has 122 valence electrons. The van der Waals surface area contributed by atoms with Gasteiger partial charge >= 0.3 is 0 Å². The van der Waals surface area contributed by atoms with Crippen LogP contribution in [0, 0.1) is 12.8 Å². The lowest BCUT2D eigenvalue weighted by atomic mass is 9.97. The van der Waals surface area contributed by atoms with Crippen molar-refractivity contribution in [3.8, 4) is 0 Å². The molecule has 0 aliphatic heterocycles. The van der Waals surface area contributed by atoms with Crippen LogP contribution in [0.1, 0.15) is 29.3 Å². The van der Waals surface area contributed by atoms with Crippen LogP contribution >= 0.6 is 0 Å². The molecule has 23 heavy (non-hydrogen) atoms. The Hall–Kier alpha value is -1.98. The quantitative estimate of drug-likeness (QED) is 0.793. The van der Waals surface area contributed by atoms with Crippen molar-refractivity contribution in [2.75, 3.05) is 6.54 Å². The van der Waals surface area contributed by atoms with Gasteiger partial charge in [-0.15, -0.1) is 0 Å². The van der Waals surface area contributed by atoms with Crippen LogP contribution in [0.25, 0.3) is 0 Å². The second kappa shape index (κ2) is 7.53. The van der Waals surface area contributed by atoms with Gasteiger partial charge in [-0.05, 0) is 25.5 Å². The molecule has 0 fully saturated rings. The molecule has 0 radical (unpaired) electrons. The molecule has 1 N–H and O–H groups in total. The average Bonchev–Trinajstić information content (AvgIpc) is 2.55. The highest BCUT2D eigenvalue weighted by atomic mass is 32.2. The zero-order chi connectivity index (χ0) is 16.9. The Morgan fingerprint density at radius 1 is 1.04 bits per heavy atom. The minimum atomic E-state index is -3.52. The minimum Gasteiger partial charge on any atom is -0.294 e. The van der Waals surface area contributed by atoms with E-state index in [4.69, 9.17) is 0 Å². The Bertz CT molecular complexity index is 753. The lowest BCUT2D eigenvalue weighted by Crippen LogP contribution is -2.27. The number of hydrogen-bond acceptors (Lipinski definition) is 3. The molecule has 5 heteroatoms. The van der Waals surface area contributed by atoms with Crippen LogP contribution in [-0.2, 0) is 10.0 Å². The van der Waals surface area contributed by atoms with E-state index in [0.29, 0.717) is 12.0 Å². The molecule has 0 amide bonds. The summed E-state index contributed by atoms with van der Waals surface area (Å²) in [6, 6.07) is 15.7. The molecule has 4 nitrogen and oxygen atoms in total. The lowest BCUT2D eigenvalue weighted by molar-refractivity contribution is 0.0925. The highest BCUT2D eigenvalue weighted by Gasteiger charge is 2.17. The van der Waals surface area contributed by atoms with Crippen molar-refractivity contribution in [3.05, 3.63) is 65.7 Å². The van der Waals surface area contributed by atoms with Gasteiger partial charge in [0.2, 0.25) is 10.0 Å². The van der Waals surface area contributed by atoms with Crippen LogP contribution < -0.4 is 4.72 Å². The number of Topliss-reactive ketones (excluding diaryl/α,β-unsaturated/α-hetero) is 1. The third-order valence-electron chi connectivity index (χ3n) is 3.71. The molecule has 2 aromatic carbocycles. The Labute approximate surface area is 137 Å². The first-order valence-electron chi connectivity index (χ1n) is 7.56. The number of benzene rings is 2. The molecular weight excluding hydrogens is 310 g/mol. The largest absolute Gasteiger partial charge is 0.294 e. The molecular formula is C18H21NO3S. The van der Waals surface area contributed by atoms with Gasteiger partial charge in [-0.2, -0.15) is 0 Å². The number of carbonyl (C=O) groups is 1. The Balaban J connectivity index is 1.91. The standard InChI is InChI=1S/C18H21NO3S/c1-14-8-10-17(11-9-14)23(21,22)19-13-12-15(2)18(20)16-6-4-3-5-7-16/h3-11,15,19H,12-13H2,1-2H3/t15-/m0/s1. The maximum absolute atomic E-state index is 12.2. The third kappa shape index (κ3) is 4.74. The van der Waals surface area contributed by atoms with Crippen molar-refractivity contribution in [1.82, 2.24) is 4.72 Å². The van der Waals surface area contributed by atoms with Crippen molar-refractivity contribution in [3.63, 3.8) is 0 Å². The zero-order valence-electron chi connectivity index (χ0n) is 13.3. The van der Waals surface area contributed by atoms with E-state index in [2.05, 4.69) is 4.72 Å². The molecule has 2 aromatic rings. The van der Waals surface area contributed by atoms with E-state index in [1.807, 2.05) is 32.0 Å². The molecule has 0 aliphatic carbocycles. The van der Waals surface area contributed by atoms with Crippen molar-refractivity contribution in [1.29, 1.82) is 0 Å². The fourth-order valence-electron chi connectivity index (χ4n) is 2.23. The number of hydrogen-bond donors (Lipinski definition) is 1. The minimum absolute atomic E-state index is 0.0279. The fourth-order valence-corrected chi connectivity index (χ4v) is 3.28. The SMILES string of the molecule is Cc1ccc(S(=O)(=O)NCC[C@H](C)C(=O)c2ccccc2)cc1. The molecule has 1 atom stereocenters. The normalized spacial score (nSPS) is 12.8. The first kappa shape index (κ1) is 17.4. The Kier molecular flexibility index (Phi) is 5.69. The van der Waals surface area contributed by atoms with Crippen LogP contribution in [0.3, 0.4) is 0 Å². The van der Waals surface area contributed by atoms with Gasteiger partial charge in [-0.3, -0.25) is 4.79 Å². The lowest BCUT2D eigenvalue weighted by Gasteiger charge is -2.12. The summed E-state index contributed by atoms with van der Waals surface area (Å²) < 4.78 is 26.9. The molecule has 0 aliphatic rings. The van der Waals surface area contributed by atoms with E-state index in [9.17, 15) is 13.2 Å². The summed E-state index contributed by atoms with van der Waals surface area (Å²) in [7, 11) is -3.52. The van der Waals surface area contributed by atoms with Gasteiger partial charge in [0.25, 0.3) is 0 Å². The average molecular weight is 331 g/mol.